The van der Waals surface area contributed by atoms with Crippen LogP contribution in [-0.4, -0.2) is 101 Å². The van der Waals surface area contributed by atoms with Gasteiger partial charge in [-0.15, -0.1) is 0 Å². The van der Waals surface area contributed by atoms with Gasteiger partial charge >= 0.3 is 0 Å². The van der Waals surface area contributed by atoms with E-state index >= 15 is 0 Å². The molecule has 3 aliphatic carbocycles. The molecular weight excluding hydrogens is 1530 g/mol. The highest BCUT2D eigenvalue weighted by Gasteiger charge is 2.42. The van der Waals surface area contributed by atoms with Gasteiger partial charge in [-0.2, -0.15) is 15.8 Å². The highest BCUT2D eigenvalue weighted by atomic mass is 35.5. The molecule has 0 unspecified atom stereocenters. The van der Waals surface area contributed by atoms with Gasteiger partial charge in [0.05, 0.1) is 40.5 Å². The van der Waals surface area contributed by atoms with Gasteiger partial charge in [-0.3, -0.25) is 19.3 Å². The lowest BCUT2D eigenvalue weighted by Gasteiger charge is -2.44. The molecule has 16 rings (SSSR count). The molecule has 3 saturated carbocycles. The fourth-order valence-electron chi connectivity index (χ4n) is 19.1. The molecule has 14 nitrogen and oxygen atoms in total. The van der Waals surface area contributed by atoms with Gasteiger partial charge in [-0.1, -0.05) is 219 Å². The standard InChI is InChI=1S/C35H30Cl2N4O2.C32H33Cl2N3O.C32H41N3O/c36-29-17-30(37)19-31(18-29)40-34(42)23-43-35(28-10-8-25(9-11-28)26-5-3-4-24(16-26)20-38)12-14-41(15-13-35)22-27-21-39-33-7-2-1-6-32(27)33;33-27-19-28(34)21-29(20-27)36-31(38)12-13-32(14-16-37(17-15-32)30-6-1-2-7-30)26-10-8-24(9-11-26)25-5-3-4-23(18-25)22-35;33-24-25-7-6-8-27(23-25)26-13-15-28(16-14-26)32(18-17-31(36)34-29-9-2-1-3-10-29)19-21-35(22-20-32)30-11-4-5-12-30/h1-11,16-19,21,39H,12-15,22-23H2,(H,40,42);3-5,8-11,18-21,30H,1-2,6-7,12-17H2,(H,36,38);6-8,13-16,23,29-30H,1-5,9-12,17-22H2,(H,34,36). The number of H-pyrrole nitrogens is 1. The highest BCUT2D eigenvalue weighted by Crippen LogP contribution is 2.46. The topological polar surface area (TPSA) is 193 Å². The summed E-state index contributed by atoms with van der Waals surface area (Å²) in [6, 6.07) is 76.1. The Bertz CT molecular complexity index is 5140. The van der Waals surface area contributed by atoms with E-state index in [4.69, 9.17) is 51.1 Å². The summed E-state index contributed by atoms with van der Waals surface area (Å²) in [5.74, 6) is -0.0563. The van der Waals surface area contributed by atoms with Crippen LogP contribution in [0.2, 0.25) is 20.1 Å². The largest absolute Gasteiger partial charge is 0.361 e. The summed E-state index contributed by atoms with van der Waals surface area (Å²) in [6.07, 6.45) is 27.5. The molecule has 3 saturated heterocycles. The first-order chi connectivity index (χ1) is 57.0. The molecule has 1 aromatic heterocycles. The van der Waals surface area contributed by atoms with Crippen molar-refractivity contribution in [3.05, 3.63) is 271 Å². The van der Waals surface area contributed by atoms with Crippen molar-refractivity contribution < 1.29 is 19.1 Å². The monoisotopic (exact) mass is 1640 g/mol. The zero-order valence-electron chi connectivity index (χ0n) is 66.7. The minimum Gasteiger partial charge on any atom is -0.361 e. The number of hydrogen-bond acceptors (Lipinski definition) is 10. The molecule has 3 amide bonds. The second kappa shape index (κ2) is 39.8. The van der Waals surface area contributed by atoms with Crippen LogP contribution < -0.4 is 16.0 Å². The lowest BCUT2D eigenvalue weighted by atomic mass is 9.69. The number of fused-ring (bicyclic) bond motifs is 1. The molecule has 18 heteroatoms. The van der Waals surface area contributed by atoms with E-state index in [-0.39, 0.29) is 35.2 Å². The average Bonchev–Trinajstić information content (AvgIpc) is 1.29. The van der Waals surface area contributed by atoms with Gasteiger partial charge in [-0.25, -0.2) is 0 Å². The number of amides is 3. The summed E-state index contributed by atoms with van der Waals surface area (Å²) in [4.78, 5) is 50.2. The fourth-order valence-corrected chi connectivity index (χ4v) is 20.1. The third kappa shape index (κ3) is 21.8. The number of halogens is 4. The van der Waals surface area contributed by atoms with Crippen LogP contribution in [0.1, 0.15) is 187 Å². The molecule has 0 bridgehead atoms. The lowest BCUT2D eigenvalue weighted by molar-refractivity contribution is -0.135. The molecular formula is C99H104Cl4N10O4. The Kier molecular flexibility index (Phi) is 28.5. The summed E-state index contributed by atoms with van der Waals surface area (Å²) >= 11 is 24.5. The van der Waals surface area contributed by atoms with Crippen LogP contribution in [0, 0.1) is 34.0 Å². The molecule has 3 aliphatic heterocycles. The Hall–Kier alpha value is -9.60. The number of rotatable bonds is 22. The van der Waals surface area contributed by atoms with E-state index < -0.39 is 5.60 Å². The number of anilines is 2. The number of likely N-dealkylation sites (tertiary alicyclic amines) is 3. The number of hydrogen-bond donors (Lipinski definition) is 4. The second-order valence-electron chi connectivity index (χ2n) is 33.1. The van der Waals surface area contributed by atoms with Gasteiger partial charge in [0.2, 0.25) is 17.7 Å². The van der Waals surface area contributed by atoms with E-state index in [0.29, 0.717) is 67.0 Å². The molecule has 6 fully saturated rings. The Morgan fingerprint density at radius 1 is 0.427 bits per heavy atom. The van der Waals surface area contributed by atoms with E-state index in [2.05, 4.69) is 157 Å². The number of benzene rings is 9. The molecule has 6 aliphatic rings. The van der Waals surface area contributed by atoms with Gasteiger partial charge < -0.3 is 35.5 Å². The van der Waals surface area contributed by atoms with Gasteiger partial charge in [0.25, 0.3) is 0 Å². The summed E-state index contributed by atoms with van der Waals surface area (Å²) in [5, 5.41) is 40.2. The maximum absolute atomic E-state index is 13.0. The normalized spacial score (nSPS) is 17.7. The van der Waals surface area contributed by atoms with Gasteiger partial charge in [0.1, 0.15) is 6.61 Å². The van der Waals surface area contributed by atoms with Crippen LogP contribution in [-0.2, 0) is 42.1 Å². The fraction of sp³-hybridized carbons (Fsp3) is 0.374. The number of aromatic amines is 1. The van der Waals surface area contributed by atoms with Crippen LogP contribution in [0.5, 0.6) is 0 Å². The number of para-hydroxylation sites is 1. The first-order valence-electron chi connectivity index (χ1n) is 42.0. The van der Waals surface area contributed by atoms with E-state index in [1.165, 1.54) is 92.7 Å². The zero-order chi connectivity index (χ0) is 81.1. The van der Waals surface area contributed by atoms with Crippen LogP contribution in [0.3, 0.4) is 0 Å². The van der Waals surface area contributed by atoms with E-state index in [9.17, 15) is 30.2 Å². The van der Waals surface area contributed by atoms with Crippen LogP contribution in [0.4, 0.5) is 11.4 Å². The van der Waals surface area contributed by atoms with E-state index in [1.54, 1.807) is 42.5 Å². The summed E-state index contributed by atoms with van der Waals surface area (Å²) in [7, 11) is 0. The minimum absolute atomic E-state index is 0.0223. The van der Waals surface area contributed by atoms with Crippen molar-refractivity contribution in [2.24, 2.45) is 0 Å². The highest BCUT2D eigenvalue weighted by molar-refractivity contribution is 6.35. The maximum atomic E-state index is 13.0. The Morgan fingerprint density at radius 3 is 1.28 bits per heavy atom. The molecule has 10 aromatic rings. The molecule has 602 valence electrons. The van der Waals surface area contributed by atoms with Crippen LogP contribution in [0.25, 0.3) is 44.3 Å². The SMILES string of the molecule is N#Cc1cccc(-c2ccc(C3(CCC(=O)NC4CCCCC4)CCN(C4CCCC4)CC3)cc2)c1.N#Cc1cccc(-c2ccc(C3(CCC(=O)Nc4cc(Cl)cc(Cl)c4)CCN(C4CCCC4)CC3)cc2)c1.N#Cc1cccc(-c2ccc(C3(OCC(=O)Nc4cc(Cl)cc(Cl)c4)CCN(Cc4c[nH]c5ccccc45)CC3)cc2)c1. The molecule has 4 N–H and O–H groups in total. The van der Waals surface area contributed by atoms with Crippen molar-refractivity contribution in [2.75, 3.05) is 56.5 Å². The quantitative estimate of drug-likeness (QED) is 0.0507. The first-order valence-corrected chi connectivity index (χ1v) is 43.6. The number of aromatic nitrogens is 1. The second-order valence-corrected chi connectivity index (χ2v) is 34.8. The van der Waals surface area contributed by atoms with Crippen molar-refractivity contribution in [3.63, 3.8) is 0 Å². The molecule has 0 atom stereocenters. The molecule has 0 spiro atoms. The maximum Gasteiger partial charge on any atom is 0.250 e. The summed E-state index contributed by atoms with van der Waals surface area (Å²) in [5.41, 5.74) is 15.0. The van der Waals surface area contributed by atoms with E-state index in [0.717, 1.165) is 167 Å². The molecule has 117 heavy (non-hydrogen) atoms. The number of piperidine rings is 3. The predicted molar refractivity (Wildman–Crippen MR) is 473 cm³/mol. The first kappa shape index (κ1) is 83.9. The average molecular weight is 1640 g/mol. The van der Waals surface area contributed by atoms with Crippen LogP contribution >= 0.6 is 46.4 Å². The lowest BCUT2D eigenvalue weighted by Crippen LogP contribution is -2.47. The number of ether oxygens (including phenoxy) is 1. The number of carbonyl (C=O) groups excluding carboxylic acids is 3. The third-order valence-electron chi connectivity index (χ3n) is 25.7. The number of nitriles is 3. The smallest absolute Gasteiger partial charge is 0.250 e. The van der Waals surface area contributed by atoms with Crippen LogP contribution in [0.15, 0.2) is 212 Å². The van der Waals surface area contributed by atoms with Crippen molar-refractivity contribution in [1.82, 2.24) is 25.0 Å². The van der Waals surface area contributed by atoms with Gasteiger partial charge in [0.15, 0.2) is 0 Å². The van der Waals surface area contributed by atoms with Crippen molar-refractivity contribution in [1.29, 1.82) is 15.8 Å². The Labute approximate surface area is 709 Å². The van der Waals surface area contributed by atoms with Crippen molar-refractivity contribution >= 4 is 86.4 Å². The molecule has 9 aromatic carbocycles. The number of carbonyl (C=O) groups is 3. The van der Waals surface area contributed by atoms with E-state index in [1.807, 2.05) is 66.7 Å². The van der Waals surface area contributed by atoms with Crippen molar-refractivity contribution in [2.45, 2.75) is 189 Å². The predicted octanol–water partition coefficient (Wildman–Crippen LogP) is 23.1. The Morgan fingerprint density at radius 2 is 0.838 bits per heavy atom. The minimum atomic E-state index is -0.632. The number of nitrogens with zero attached hydrogens (tertiary/aromatic N) is 6. The van der Waals surface area contributed by atoms with Gasteiger partial charge in [-0.05, 0) is 261 Å². The Balaban J connectivity index is 0.000000145. The third-order valence-corrected chi connectivity index (χ3v) is 26.6. The number of nitrogens with one attached hydrogen (secondary N) is 4. The molecule has 4 heterocycles. The van der Waals surface area contributed by atoms with Gasteiger partial charge in [0, 0.05) is 99.2 Å². The summed E-state index contributed by atoms with van der Waals surface area (Å²) < 4.78 is 6.53. The summed E-state index contributed by atoms with van der Waals surface area (Å²) in [6.45, 7) is 6.78. The molecule has 0 radical (unpaired) electrons. The van der Waals surface area contributed by atoms with Crippen molar-refractivity contribution in [3.8, 4) is 51.6 Å². The zero-order valence-corrected chi connectivity index (χ0v) is 69.7.